The van der Waals surface area contributed by atoms with Crippen molar-refractivity contribution >= 4 is 11.9 Å². The highest BCUT2D eigenvalue weighted by Crippen LogP contribution is 2.41. The predicted molar refractivity (Wildman–Crippen MR) is 107 cm³/mol. The van der Waals surface area contributed by atoms with E-state index < -0.39 is 12.1 Å². The van der Waals surface area contributed by atoms with Gasteiger partial charge in [-0.2, -0.15) is 13.2 Å². The van der Waals surface area contributed by atoms with Crippen molar-refractivity contribution < 1.29 is 42.1 Å². The molecule has 1 aromatic rings. The molecular weight excluding hydrogens is 433 g/mol. The van der Waals surface area contributed by atoms with Crippen LogP contribution in [0.15, 0.2) is 18.2 Å². The Bertz CT molecular complexity index is 841. The molecule has 4 rings (SSSR count). The predicted octanol–water partition coefficient (Wildman–Crippen LogP) is 2.27. The lowest BCUT2D eigenvalue weighted by atomic mass is 9.75. The van der Waals surface area contributed by atoms with Gasteiger partial charge in [0.25, 0.3) is 5.91 Å². The largest absolute Gasteiger partial charge is 0.490 e. The Labute approximate surface area is 183 Å². The van der Waals surface area contributed by atoms with Crippen LogP contribution in [0.2, 0.25) is 0 Å². The maximum Gasteiger partial charge on any atom is 0.490 e. The lowest BCUT2D eigenvalue weighted by Gasteiger charge is -2.58. The standard InChI is InChI=1S/C19H26N2O4.C2HF3O2/c1-20-7-6-14(11-23-2)10-19(20)12-21(13-19)18(22)15-4-3-5-16-17(15)25-9-8-24-16;3-2(4,5)1(6)7/h3-5,14H,6-13H2,1-2H3;(H,6,7). The number of halogens is 3. The van der Waals surface area contributed by atoms with E-state index in [-0.39, 0.29) is 11.4 Å². The molecule has 2 fully saturated rings. The molecule has 8 nitrogen and oxygen atoms in total. The van der Waals surface area contributed by atoms with Gasteiger partial charge in [-0.25, -0.2) is 4.79 Å². The fourth-order valence-electron chi connectivity index (χ4n) is 4.38. The molecule has 1 aromatic carbocycles. The van der Waals surface area contributed by atoms with Gasteiger partial charge < -0.3 is 24.2 Å². The fourth-order valence-corrected chi connectivity index (χ4v) is 4.38. The van der Waals surface area contributed by atoms with E-state index in [1.165, 1.54) is 0 Å². The second kappa shape index (κ2) is 9.53. The van der Waals surface area contributed by atoms with Gasteiger partial charge in [-0.3, -0.25) is 9.69 Å². The van der Waals surface area contributed by atoms with Gasteiger partial charge in [0.15, 0.2) is 11.5 Å². The highest BCUT2D eigenvalue weighted by Gasteiger charge is 2.51. The van der Waals surface area contributed by atoms with Gasteiger partial charge in [-0.15, -0.1) is 0 Å². The van der Waals surface area contributed by atoms with Crippen molar-refractivity contribution in [2.24, 2.45) is 5.92 Å². The number of hydrogen-bond donors (Lipinski definition) is 1. The maximum atomic E-state index is 13.0. The molecule has 0 saturated carbocycles. The molecule has 3 heterocycles. The third kappa shape index (κ3) is 5.09. The van der Waals surface area contributed by atoms with Crippen molar-refractivity contribution in [3.8, 4) is 11.5 Å². The third-order valence-corrected chi connectivity index (χ3v) is 6.05. The molecule has 2 saturated heterocycles. The zero-order chi connectivity index (χ0) is 23.5. The van der Waals surface area contributed by atoms with Gasteiger partial charge in [0, 0.05) is 26.8 Å². The molecule has 32 heavy (non-hydrogen) atoms. The van der Waals surface area contributed by atoms with Gasteiger partial charge in [0.1, 0.15) is 13.2 Å². The minimum Gasteiger partial charge on any atom is -0.486 e. The number of hydrogen-bond acceptors (Lipinski definition) is 6. The molecule has 178 valence electrons. The Morgan fingerprint density at radius 3 is 2.53 bits per heavy atom. The van der Waals surface area contributed by atoms with E-state index in [0.29, 0.717) is 36.2 Å². The van der Waals surface area contributed by atoms with E-state index in [2.05, 4.69) is 11.9 Å². The van der Waals surface area contributed by atoms with E-state index in [9.17, 15) is 18.0 Å². The van der Waals surface area contributed by atoms with Crippen LogP contribution in [0.25, 0.3) is 0 Å². The molecule has 0 aliphatic carbocycles. The molecule has 1 spiro atoms. The first-order chi connectivity index (χ1) is 15.1. The normalized spacial score (nSPS) is 21.9. The highest BCUT2D eigenvalue weighted by atomic mass is 19.4. The number of amides is 1. The van der Waals surface area contributed by atoms with Gasteiger partial charge in [-0.1, -0.05) is 6.07 Å². The first-order valence-electron chi connectivity index (χ1n) is 10.3. The number of rotatable bonds is 3. The summed E-state index contributed by atoms with van der Waals surface area (Å²) in [6.07, 6.45) is -2.83. The lowest BCUT2D eigenvalue weighted by molar-refractivity contribution is -0.192. The molecule has 0 radical (unpaired) electrons. The van der Waals surface area contributed by atoms with E-state index in [1.54, 1.807) is 7.11 Å². The number of benzene rings is 1. The summed E-state index contributed by atoms with van der Waals surface area (Å²) >= 11 is 0. The number of likely N-dealkylation sites (tertiary alicyclic amines) is 2. The van der Waals surface area contributed by atoms with Crippen molar-refractivity contribution in [3.63, 3.8) is 0 Å². The molecule has 3 aliphatic heterocycles. The van der Waals surface area contributed by atoms with E-state index in [1.807, 2.05) is 23.1 Å². The smallest absolute Gasteiger partial charge is 0.486 e. The average Bonchev–Trinajstić information content (AvgIpc) is 2.72. The SMILES string of the molecule is COCC1CCN(C)C2(C1)CN(C(=O)c1cccc3c1OCCO3)C2.O=C(O)C(F)(F)F. The van der Waals surface area contributed by atoms with E-state index >= 15 is 0 Å². The maximum absolute atomic E-state index is 13.0. The number of ether oxygens (including phenoxy) is 3. The fraction of sp³-hybridized carbons (Fsp3) is 0.619. The number of likely N-dealkylation sites (N-methyl/N-ethyl adjacent to an activating group) is 1. The van der Waals surface area contributed by atoms with Crippen molar-refractivity contribution in [3.05, 3.63) is 23.8 Å². The van der Waals surface area contributed by atoms with Crippen LogP contribution in [0.5, 0.6) is 11.5 Å². The third-order valence-electron chi connectivity index (χ3n) is 6.05. The second-order valence-electron chi connectivity index (χ2n) is 8.25. The molecular formula is C21H27F3N2O6. The van der Waals surface area contributed by atoms with Crippen LogP contribution in [0.1, 0.15) is 23.2 Å². The first kappa shape index (κ1) is 24.1. The van der Waals surface area contributed by atoms with Crippen LogP contribution < -0.4 is 9.47 Å². The quantitative estimate of drug-likeness (QED) is 0.740. The topological polar surface area (TPSA) is 88.5 Å². The number of fused-ring (bicyclic) bond motifs is 1. The number of methoxy groups -OCH3 is 1. The molecule has 1 amide bonds. The Hall–Kier alpha value is -2.53. The minimum atomic E-state index is -5.08. The van der Waals surface area contributed by atoms with Gasteiger partial charge in [-0.05, 0) is 44.5 Å². The molecule has 0 bridgehead atoms. The molecule has 3 aliphatic rings. The number of aliphatic carboxylic acids is 1. The van der Waals surface area contributed by atoms with Crippen molar-refractivity contribution in [2.75, 3.05) is 53.6 Å². The number of para-hydroxylation sites is 1. The van der Waals surface area contributed by atoms with Crippen LogP contribution in [-0.4, -0.2) is 92.1 Å². The summed E-state index contributed by atoms with van der Waals surface area (Å²) in [5, 5.41) is 7.12. The summed E-state index contributed by atoms with van der Waals surface area (Å²) in [6, 6.07) is 5.55. The lowest BCUT2D eigenvalue weighted by Crippen LogP contribution is -2.72. The van der Waals surface area contributed by atoms with Crippen LogP contribution in [0.4, 0.5) is 13.2 Å². The number of piperidine rings is 1. The van der Waals surface area contributed by atoms with Gasteiger partial charge in [0.05, 0.1) is 11.1 Å². The summed E-state index contributed by atoms with van der Waals surface area (Å²) in [7, 11) is 3.94. The van der Waals surface area contributed by atoms with E-state index in [4.69, 9.17) is 24.1 Å². The molecule has 11 heteroatoms. The van der Waals surface area contributed by atoms with Crippen LogP contribution in [-0.2, 0) is 9.53 Å². The van der Waals surface area contributed by atoms with E-state index in [0.717, 1.165) is 39.1 Å². The zero-order valence-electron chi connectivity index (χ0n) is 18.0. The number of carboxylic acid groups (broad SMARTS) is 1. The summed E-state index contributed by atoms with van der Waals surface area (Å²) < 4.78 is 48.4. The van der Waals surface area contributed by atoms with Crippen LogP contribution in [0, 0.1) is 5.92 Å². The summed E-state index contributed by atoms with van der Waals surface area (Å²) in [4.78, 5) is 26.2. The number of nitrogens with zero attached hydrogens (tertiary/aromatic N) is 2. The monoisotopic (exact) mass is 460 g/mol. The summed E-state index contributed by atoms with van der Waals surface area (Å²) in [5.74, 6) is -0.876. The Morgan fingerprint density at radius 2 is 1.91 bits per heavy atom. The molecule has 1 unspecified atom stereocenters. The minimum absolute atomic E-state index is 0.0373. The van der Waals surface area contributed by atoms with Gasteiger partial charge in [0.2, 0.25) is 0 Å². The number of carbonyl (C=O) groups is 2. The zero-order valence-corrected chi connectivity index (χ0v) is 18.0. The number of alkyl halides is 3. The average molecular weight is 460 g/mol. The highest BCUT2D eigenvalue weighted by molar-refractivity contribution is 5.98. The molecule has 1 N–H and O–H groups in total. The van der Waals surface area contributed by atoms with Crippen molar-refractivity contribution in [1.82, 2.24) is 9.80 Å². The Morgan fingerprint density at radius 1 is 1.25 bits per heavy atom. The van der Waals surface area contributed by atoms with Crippen LogP contribution >= 0.6 is 0 Å². The summed E-state index contributed by atoms with van der Waals surface area (Å²) in [5.41, 5.74) is 0.711. The Balaban J connectivity index is 0.000000360. The molecule has 1 atom stereocenters. The van der Waals surface area contributed by atoms with Crippen molar-refractivity contribution in [2.45, 2.75) is 24.6 Å². The van der Waals surface area contributed by atoms with Crippen LogP contribution in [0.3, 0.4) is 0 Å². The van der Waals surface area contributed by atoms with Gasteiger partial charge >= 0.3 is 12.1 Å². The molecule has 0 aromatic heterocycles. The second-order valence-corrected chi connectivity index (χ2v) is 8.25. The number of carboxylic acids is 1. The summed E-state index contributed by atoms with van der Waals surface area (Å²) in [6.45, 7) is 4.43. The number of carbonyl (C=O) groups excluding carboxylic acids is 1. The Kier molecular flexibility index (Phi) is 7.19. The first-order valence-corrected chi connectivity index (χ1v) is 10.3. The van der Waals surface area contributed by atoms with Crippen molar-refractivity contribution in [1.29, 1.82) is 0 Å².